The van der Waals surface area contributed by atoms with Crippen molar-refractivity contribution in [3.63, 3.8) is 0 Å². The molecule has 0 heterocycles. The van der Waals surface area contributed by atoms with Gasteiger partial charge < -0.3 is 10.1 Å². The third-order valence-corrected chi connectivity index (χ3v) is 5.08. The average Bonchev–Trinajstić information content (AvgIpc) is 2.63. The molecule has 0 atom stereocenters. The van der Waals surface area contributed by atoms with Crippen LogP contribution in [0.1, 0.15) is 27.8 Å². The second-order valence-corrected chi connectivity index (χ2v) is 7.65. The molecule has 0 bridgehead atoms. The topological polar surface area (TPSA) is 21.3 Å². The van der Waals surface area contributed by atoms with Crippen LogP contribution in [0.25, 0.3) is 0 Å². The smallest absolute Gasteiger partial charge is 0.143 e. The summed E-state index contributed by atoms with van der Waals surface area (Å²) >= 11 is 12.6. The Kier molecular flexibility index (Phi) is 6.30. The minimum atomic E-state index is 0.457. The summed E-state index contributed by atoms with van der Waals surface area (Å²) < 4.78 is 6.05. The highest BCUT2D eigenvalue weighted by Crippen LogP contribution is 2.33. The molecule has 0 unspecified atom stereocenters. The molecule has 3 rings (SSSR count). The highest BCUT2D eigenvalue weighted by molar-refractivity contribution is 6.35. The Balaban J connectivity index is 1.77. The fraction of sp³-hybridized carbons (Fsp3) is 0.217. The van der Waals surface area contributed by atoms with E-state index in [4.69, 9.17) is 27.9 Å². The Hall–Kier alpha value is -2.16. The molecule has 0 fully saturated rings. The van der Waals surface area contributed by atoms with Gasteiger partial charge in [0.25, 0.3) is 0 Å². The summed E-state index contributed by atoms with van der Waals surface area (Å²) in [6, 6.07) is 18.2. The first-order valence-corrected chi connectivity index (χ1v) is 9.65. The first-order chi connectivity index (χ1) is 12.9. The van der Waals surface area contributed by atoms with Gasteiger partial charge in [0, 0.05) is 22.8 Å². The van der Waals surface area contributed by atoms with Crippen LogP contribution < -0.4 is 10.1 Å². The minimum absolute atomic E-state index is 0.457. The predicted molar refractivity (Wildman–Crippen MR) is 115 cm³/mol. The second-order valence-electron chi connectivity index (χ2n) is 6.80. The molecule has 3 aromatic rings. The van der Waals surface area contributed by atoms with E-state index in [1.165, 1.54) is 16.7 Å². The molecular weight excluding hydrogens is 377 g/mol. The highest BCUT2D eigenvalue weighted by atomic mass is 35.5. The molecule has 3 aromatic carbocycles. The summed E-state index contributed by atoms with van der Waals surface area (Å²) in [4.78, 5) is 0. The molecule has 0 saturated carbocycles. The molecule has 0 spiro atoms. The number of anilines is 1. The van der Waals surface area contributed by atoms with Crippen LogP contribution in [0.2, 0.25) is 10.0 Å². The number of halogens is 2. The lowest BCUT2D eigenvalue weighted by atomic mass is 10.1. The molecule has 140 valence electrons. The Bertz CT molecular complexity index is 936. The molecule has 0 aliphatic carbocycles. The van der Waals surface area contributed by atoms with Crippen LogP contribution >= 0.6 is 23.2 Å². The second kappa shape index (κ2) is 8.69. The van der Waals surface area contributed by atoms with Crippen LogP contribution in [-0.4, -0.2) is 0 Å². The van der Waals surface area contributed by atoms with E-state index < -0.39 is 0 Å². The predicted octanol–water partition coefficient (Wildman–Crippen LogP) is 7.11. The van der Waals surface area contributed by atoms with Gasteiger partial charge in [-0.15, -0.1) is 0 Å². The lowest BCUT2D eigenvalue weighted by molar-refractivity contribution is 0.303. The van der Waals surface area contributed by atoms with Gasteiger partial charge in [-0.1, -0.05) is 59.1 Å². The zero-order valence-corrected chi connectivity index (χ0v) is 17.3. The van der Waals surface area contributed by atoms with Crippen LogP contribution in [0.4, 0.5) is 5.69 Å². The van der Waals surface area contributed by atoms with Crippen molar-refractivity contribution in [1.29, 1.82) is 0 Å². The first kappa shape index (κ1) is 19.6. The van der Waals surface area contributed by atoms with E-state index in [9.17, 15) is 0 Å². The number of rotatable bonds is 6. The summed E-state index contributed by atoms with van der Waals surface area (Å²) in [6.07, 6.45) is 0. The molecule has 0 aromatic heterocycles. The van der Waals surface area contributed by atoms with Crippen molar-refractivity contribution in [2.45, 2.75) is 33.9 Å². The molecule has 0 saturated heterocycles. The fourth-order valence-corrected chi connectivity index (χ4v) is 3.39. The maximum Gasteiger partial charge on any atom is 0.143 e. The SMILES string of the molecule is Cc1ccc(COc2c(Cl)cc(Cl)cc2CNc2ccc(C)c(C)c2)cc1. The lowest BCUT2D eigenvalue weighted by Crippen LogP contribution is -2.05. The van der Waals surface area contributed by atoms with E-state index in [0.717, 1.165) is 16.8 Å². The van der Waals surface area contributed by atoms with Crippen molar-refractivity contribution < 1.29 is 4.74 Å². The molecule has 0 amide bonds. The van der Waals surface area contributed by atoms with Crippen molar-refractivity contribution in [1.82, 2.24) is 0 Å². The highest BCUT2D eigenvalue weighted by Gasteiger charge is 2.12. The maximum absolute atomic E-state index is 6.42. The van der Waals surface area contributed by atoms with Crippen LogP contribution in [0.5, 0.6) is 5.75 Å². The van der Waals surface area contributed by atoms with E-state index in [-0.39, 0.29) is 0 Å². The van der Waals surface area contributed by atoms with Gasteiger partial charge in [0.15, 0.2) is 0 Å². The van der Waals surface area contributed by atoms with Crippen LogP contribution in [0.3, 0.4) is 0 Å². The van der Waals surface area contributed by atoms with Gasteiger partial charge in [-0.05, 0) is 61.7 Å². The Morgan fingerprint density at radius 2 is 1.59 bits per heavy atom. The molecule has 2 nitrogen and oxygen atoms in total. The normalized spacial score (nSPS) is 10.7. The average molecular weight is 400 g/mol. The Labute approximate surface area is 171 Å². The standard InChI is InChI=1S/C23H23Cl2NO/c1-15-4-7-18(8-5-15)14-27-23-19(11-20(24)12-22(23)25)13-26-21-9-6-16(2)17(3)10-21/h4-12,26H,13-14H2,1-3H3. The molecule has 27 heavy (non-hydrogen) atoms. The number of nitrogens with one attached hydrogen (secondary N) is 1. The Morgan fingerprint density at radius 3 is 2.30 bits per heavy atom. The van der Waals surface area contributed by atoms with Crippen molar-refractivity contribution in [3.8, 4) is 5.75 Å². The third-order valence-electron chi connectivity index (χ3n) is 4.58. The number of hydrogen-bond donors (Lipinski definition) is 1. The van der Waals surface area contributed by atoms with E-state index in [1.54, 1.807) is 6.07 Å². The van der Waals surface area contributed by atoms with E-state index in [0.29, 0.717) is 28.9 Å². The summed E-state index contributed by atoms with van der Waals surface area (Å²) in [7, 11) is 0. The summed E-state index contributed by atoms with van der Waals surface area (Å²) in [5.74, 6) is 0.665. The van der Waals surface area contributed by atoms with Crippen molar-refractivity contribution in [3.05, 3.63) is 92.5 Å². The van der Waals surface area contributed by atoms with Gasteiger partial charge in [-0.3, -0.25) is 0 Å². The van der Waals surface area contributed by atoms with Crippen molar-refractivity contribution >= 4 is 28.9 Å². The van der Waals surface area contributed by atoms with Crippen LogP contribution in [-0.2, 0) is 13.2 Å². The summed E-state index contributed by atoms with van der Waals surface area (Å²) in [6.45, 7) is 7.31. The van der Waals surface area contributed by atoms with E-state index >= 15 is 0 Å². The molecule has 0 aliphatic heterocycles. The monoisotopic (exact) mass is 399 g/mol. The van der Waals surface area contributed by atoms with Gasteiger partial charge in [0.2, 0.25) is 0 Å². The number of benzene rings is 3. The molecular formula is C23H23Cl2NO. The maximum atomic E-state index is 6.42. The minimum Gasteiger partial charge on any atom is -0.487 e. The van der Waals surface area contributed by atoms with Crippen LogP contribution in [0.15, 0.2) is 54.6 Å². The van der Waals surface area contributed by atoms with E-state index in [1.807, 2.05) is 6.07 Å². The quantitative estimate of drug-likeness (QED) is 0.476. The number of ether oxygens (including phenoxy) is 1. The van der Waals surface area contributed by atoms with Gasteiger partial charge in [0.1, 0.15) is 12.4 Å². The lowest BCUT2D eigenvalue weighted by Gasteiger charge is -2.16. The molecule has 0 radical (unpaired) electrons. The van der Waals surface area contributed by atoms with Crippen molar-refractivity contribution in [2.24, 2.45) is 0 Å². The first-order valence-electron chi connectivity index (χ1n) is 8.90. The fourth-order valence-electron chi connectivity index (χ4n) is 2.80. The number of aryl methyl sites for hydroxylation is 3. The van der Waals surface area contributed by atoms with Gasteiger partial charge in [-0.25, -0.2) is 0 Å². The summed E-state index contributed by atoms with van der Waals surface area (Å²) in [5.41, 5.74) is 6.83. The Morgan fingerprint density at radius 1 is 0.852 bits per heavy atom. The van der Waals surface area contributed by atoms with Crippen LogP contribution in [0, 0.1) is 20.8 Å². The van der Waals surface area contributed by atoms with Gasteiger partial charge in [-0.2, -0.15) is 0 Å². The zero-order chi connectivity index (χ0) is 19.4. The van der Waals surface area contributed by atoms with Gasteiger partial charge >= 0.3 is 0 Å². The van der Waals surface area contributed by atoms with Gasteiger partial charge in [0.05, 0.1) is 5.02 Å². The number of hydrogen-bond acceptors (Lipinski definition) is 2. The largest absolute Gasteiger partial charge is 0.487 e. The molecule has 4 heteroatoms. The molecule has 0 aliphatic rings. The van der Waals surface area contributed by atoms with E-state index in [2.05, 4.69) is 68.6 Å². The summed E-state index contributed by atoms with van der Waals surface area (Å²) in [5, 5.41) is 4.55. The molecule has 1 N–H and O–H groups in total. The zero-order valence-electron chi connectivity index (χ0n) is 15.8. The third kappa shape index (κ3) is 5.18. The van der Waals surface area contributed by atoms with Crippen molar-refractivity contribution in [2.75, 3.05) is 5.32 Å².